The smallest absolute Gasteiger partial charge is 0.143 e. The number of furan rings is 2. The minimum Gasteiger partial charge on any atom is -0.456 e. The molecule has 4 aromatic heterocycles. The second kappa shape index (κ2) is 36.3. The monoisotopic (exact) mass is 1930 g/mol. The van der Waals surface area contributed by atoms with Crippen LogP contribution in [-0.2, 0) is 22.7 Å². The lowest BCUT2D eigenvalue weighted by Crippen LogP contribution is -2.29. The van der Waals surface area contributed by atoms with Gasteiger partial charge in [-0.1, -0.05) is 399 Å². The summed E-state index contributed by atoms with van der Waals surface area (Å²) >= 11 is 1.89. The minimum absolute atomic E-state index is 0.0834. The zero-order chi connectivity index (χ0) is 99.7. The number of thiophene rings is 1. The molecule has 3 aliphatic carbocycles. The van der Waals surface area contributed by atoms with Crippen molar-refractivity contribution >= 4 is 148 Å². The average molecular weight is 1930 g/mol. The number of fused-ring (bicyclic) bond motifs is 20. The third-order valence-electron chi connectivity index (χ3n) is 31.6. The summed E-state index contributed by atoms with van der Waals surface area (Å²) in [6.45, 7) is 14.1. The van der Waals surface area contributed by atoms with E-state index >= 15 is 0 Å². The first-order valence-electron chi connectivity index (χ1n) is 51.7. The summed E-state index contributed by atoms with van der Waals surface area (Å²) in [5.74, 6) is 0. The Labute approximate surface area is 871 Å². The molecule has 149 heavy (non-hydrogen) atoms. The van der Waals surface area contributed by atoms with E-state index in [0.717, 1.165) is 101 Å². The number of aromatic nitrogens is 1. The zero-order valence-corrected chi connectivity index (χ0v) is 84.5. The molecule has 0 bridgehead atoms. The first-order chi connectivity index (χ1) is 73.2. The summed E-state index contributed by atoms with van der Waals surface area (Å²) in [5.41, 5.74) is 45.5. The summed E-state index contributed by atoms with van der Waals surface area (Å²) in [4.78, 5) is 7.27. The van der Waals surface area contributed by atoms with Crippen LogP contribution in [0.3, 0.4) is 0 Å². The zero-order valence-electron chi connectivity index (χ0n) is 83.7. The topological polar surface area (TPSA) is 40.9 Å². The van der Waals surface area contributed by atoms with Crippen molar-refractivity contribution in [3.63, 3.8) is 0 Å². The highest BCUT2D eigenvalue weighted by molar-refractivity contribution is 7.26. The molecule has 7 heteroatoms. The van der Waals surface area contributed by atoms with E-state index in [-0.39, 0.29) is 16.2 Å². The van der Waals surface area contributed by atoms with Gasteiger partial charge in [-0.2, -0.15) is 0 Å². The summed E-state index contributed by atoms with van der Waals surface area (Å²) in [6, 6.07) is 185. The molecule has 6 nitrogen and oxygen atoms in total. The molecule has 22 aromatic carbocycles. The third kappa shape index (κ3) is 15.4. The maximum absolute atomic E-state index is 6.39. The van der Waals surface area contributed by atoms with E-state index < -0.39 is 0 Å². The first-order valence-corrected chi connectivity index (χ1v) is 52.5. The highest BCUT2D eigenvalue weighted by atomic mass is 32.1. The van der Waals surface area contributed by atoms with E-state index in [2.05, 4.69) is 546 Å². The Hall–Kier alpha value is -18.1. The van der Waals surface area contributed by atoms with Crippen LogP contribution in [0.5, 0.6) is 0 Å². The number of para-hydroxylation sites is 5. The highest BCUT2D eigenvalue weighted by Gasteiger charge is 2.41. The van der Waals surface area contributed by atoms with Crippen LogP contribution in [0.4, 0.5) is 51.2 Å². The molecule has 0 unspecified atom stereocenters. The Balaban J connectivity index is 0.000000110. The van der Waals surface area contributed by atoms with Gasteiger partial charge in [-0.3, -0.25) is 0 Å². The molecule has 4 heterocycles. The fourth-order valence-corrected chi connectivity index (χ4v) is 25.6. The highest BCUT2D eigenvalue weighted by Crippen LogP contribution is 2.58. The van der Waals surface area contributed by atoms with Gasteiger partial charge in [0.2, 0.25) is 0 Å². The van der Waals surface area contributed by atoms with Crippen LogP contribution in [0.25, 0.3) is 169 Å². The number of nitrogens with zero attached hydrogens (tertiary/aromatic N) is 4. The number of anilines is 9. The predicted molar refractivity (Wildman–Crippen MR) is 629 cm³/mol. The van der Waals surface area contributed by atoms with E-state index in [1.807, 2.05) is 35.6 Å². The van der Waals surface area contributed by atoms with Crippen molar-refractivity contribution in [2.75, 3.05) is 14.7 Å². The number of benzene rings is 22. The van der Waals surface area contributed by atoms with E-state index in [0.29, 0.717) is 0 Å². The summed E-state index contributed by atoms with van der Waals surface area (Å²) in [7, 11) is 0. The molecule has 29 rings (SSSR count). The van der Waals surface area contributed by atoms with Crippen molar-refractivity contribution in [2.45, 2.75) is 64.2 Å². The van der Waals surface area contributed by atoms with Gasteiger partial charge in [0.15, 0.2) is 0 Å². The molecule has 3 aliphatic rings. The van der Waals surface area contributed by atoms with Gasteiger partial charge in [-0.15, -0.1) is 11.3 Å². The van der Waals surface area contributed by atoms with Crippen LogP contribution >= 0.6 is 11.3 Å². The van der Waals surface area contributed by atoms with Crippen molar-refractivity contribution in [2.24, 2.45) is 0 Å². The van der Waals surface area contributed by atoms with Crippen molar-refractivity contribution in [1.82, 2.24) is 4.57 Å². The minimum atomic E-state index is -0.153. The van der Waals surface area contributed by atoms with Crippen LogP contribution in [-0.4, -0.2) is 4.57 Å². The van der Waals surface area contributed by atoms with Gasteiger partial charge in [0.05, 0.1) is 22.4 Å². The molecule has 26 aromatic rings. The van der Waals surface area contributed by atoms with Gasteiger partial charge < -0.3 is 28.1 Å². The van der Waals surface area contributed by atoms with E-state index in [1.165, 1.54) is 170 Å². The number of rotatable bonds is 15. The van der Waals surface area contributed by atoms with Gasteiger partial charge in [0, 0.05) is 125 Å². The van der Waals surface area contributed by atoms with Crippen LogP contribution in [0.1, 0.15) is 86.1 Å². The summed E-state index contributed by atoms with van der Waals surface area (Å²) in [6.07, 6.45) is 0.946. The molecule has 0 radical (unpaired) electrons. The van der Waals surface area contributed by atoms with Crippen molar-refractivity contribution in [3.8, 4) is 83.6 Å². The fourth-order valence-electron chi connectivity index (χ4n) is 24.4. The Morgan fingerprint density at radius 3 is 1.32 bits per heavy atom. The van der Waals surface area contributed by atoms with Crippen molar-refractivity contribution < 1.29 is 8.83 Å². The predicted octanol–water partition coefficient (Wildman–Crippen LogP) is 39.9. The molecular formula is C142H104N4O2S. The lowest BCUT2D eigenvalue weighted by atomic mass is 9.68. The van der Waals surface area contributed by atoms with Crippen LogP contribution < -0.4 is 14.7 Å². The van der Waals surface area contributed by atoms with Gasteiger partial charge in [-0.25, -0.2) is 0 Å². The molecule has 0 atom stereocenters. The van der Waals surface area contributed by atoms with Crippen molar-refractivity contribution in [3.05, 3.63) is 554 Å². The molecule has 0 N–H and O–H groups in total. The largest absolute Gasteiger partial charge is 0.456 e. The lowest BCUT2D eigenvalue weighted by molar-refractivity contribution is 0.611. The maximum Gasteiger partial charge on any atom is 0.143 e. The standard InChI is InChI=1S/C51H36N2O.C46H35NS.C45H33NO/c1-51(2)45-17-9-6-14-39(45)40-27-25-38(32-46(40)51)52(37-26-29-50-44(31-37)42-16-8-11-19-49(42)54-50)36-23-20-33(21-24-36)34-22-28-48-43(30-34)41-15-7-10-18-47(41)53(48)35-12-4-3-5-13-35;1-46(2)41-19-8-6-14-34(41)30-35-15-10-20-42(44(35)46)47(36-26-22-32(23-27-36)31-12-4-3-5-13-31)37-28-24-33(25-29-37)38-17-11-18-40-39-16-7-9-21-43(39)48-45(38)40;1-45(2)39-18-8-6-15-38(39)43-40(45)19-11-20-41(43)46(33-26-22-31(23-27-33)30-12-4-3-5-13-30)34-28-24-32(25-29-34)35-16-10-17-37-36-14-7-9-21-42(36)47-44(35)37/h3-32H,1-2H3;3-29H,30H2,1-2H3;3-29H,1-2H3. The van der Waals surface area contributed by atoms with Crippen molar-refractivity contribution in [1.29, 1.82) is 0 Å². The number of hydrogen-bond acceptors (Lipinski definition) is 6. The van der Waals surface area contributed by atoms with Gasteiger partial charge in [0.25, 0.3) is 0 Å². The second-order valence-corrected chi connectivity index (χ2v) is 42.3. The molecule has 0 spiro atoms. The SMILES string of the molecule is CC1(C)c2ccccc2-c2c(N(c3ccc(-c4ccccc4)cc3)c3ccc(-c4cccc5c4oc4ccccc45)cc3)cccc21.CC1(C)c2ccccc2-c2ccc(N(c3ccc(-c4ccc5c(c4)c4ccccc4n5-c4ccccc4)cc3)c3ccc4oc5ccccc5c4c3)cc21.CC1(C)c2ccccc2Cc2cccc(N(c3ccc(-c4ccccc4)cc3)c3ccc(-c4cccc5c4sc4ccccc45)cc3)c21. The molecule has 0 saturated carbocycles. The Morgan fingerprint density at radius 1 is 0.228 bits per heavy atom. The molecule has 0 saturated heterocycles. The Kier molecular flexibility index (Phi) is 21.8. The Bertz CT molecular complexity index is 9690. The van der Waals surface area contributed by atoms with E-state index in [9.17, 15) is 0 Å². The summed E-state index contributed by atoms with van der Waals surface area (Å²) < 4.78 is 17.7. The molecule has 710 valence electrons. The Morgan fingerprint density at radius 2 is 0.644 bits per heavy atom. The average Bonchev–Trinajstić information content (AvgIpc) is 1.33. The van der Waals surface area contributed by atoms with Crippen LogP contribution in [0.15, 0.2) is 518 Å². The van der Waals surface area contributed by atoms with E-state index in [1.54, 1.807) is 0 Å². The third-order valence-corrected chi connectivity index (χ3v) is 32.8. The quantitative estimate of drug-likeness (QED) is 0.102. The number of hydrogen-bond donors (Lipinski definition) is 0. The first kappa shape index (κ1) is 89.7. The normalized spacial score (nSPS) is 13.2. The second-order valence-electron chi connectivity index (χ2n) is 41.3. The van der Waals surface area contributed by atoms with Crippen LogP contribution in [0.2, 0.25) is 0 Å². The van der Waals surface area contributed by atoms with Gasteiger partial charge in [0.1, 0.15) is 22.3 Å². The molecule has 0 fully saturated rings. The fraction of sp³-hybridized carbons (Fsp3) is 0.0704. The molecule has 0 amide bonds. The van der Waals surface area contributed by atoms with Crippen LogP contribution in [0, 0.1) is 0 Å². The maximum atomic E-state index is 6.39. The summed E-state index contributed by atoms with van der Waals surface area (Å²) in [5, 5.41) is 9.69. The van der Waals surface area contributed by atoms with Gasteiger partial charge >= 0.3 is 0 Å². The van der Waals surface area contributed by atoms with E-state index in [4.69, 9.17) is 8.83 Å². The lowest BCUT2D eigenvalue weighted by Gasteiger charge is -2.39. The molecular weight excluding hydrogens is 1830 g/mol. The van der Waals surface area contributed by atoms with Gasteiger partial charge in [-0.05, 0) is 269 Å². The molecule has 0 aliphatic heterocycles.